The summed E-state index contributed by atoms with van der Waals surface area (Å²) < 4.78 is 1.90. The third-order valence-corrected chi connectivity index (χ3v) is 3.56. The zero-order valence-corrected chi connectivity index (χ0v) is 12.3. The van der Waals surface area contributed by atoms with Crippen molar-refractivity contribution < 1.29 is 9.90 Å². The maximum Gasteiger partial charge on any atom is 0.271 e. The van der Waals surface area contributed by atoms with E-state index in [1.54, 1.807) is 18.3 Å². The number of pyridine rings is 1. The lowest BCUT2D eigenvalue weighted by Crippen LogP contribution is -2.25. The molecule has 2 aromatic heterocycles. The fraction of sp³-hybridized carbons (Fsp3) is 0.176. The Kier molecular flexibility index (Phi) is 3.78. The van der Waals surface area contributed by atoms with E-state index in [1.807, 2.05) is 41.7 Å². The molecule has 5 heteroatoms. The van der Waals surface area contributed by atoms with E-state index >= 15 is 0 Å². The van der Waals surface area contributed by atoms with Crippen LogP contribution in [0.15, 0.2) is 48.7 Å². The molecule has 3 rings (SSSR count). The number of fused-ring (bicyclic) bond motifs is 1. The van der Waals surface area contributed by atoms with Crippen molar-refractivity contribution in [3.8, 4) is 5.75 Å². The Hall–Kier alpha value is -2.82. The van der Waals surface area contributed by atoms with Crippen LogP contribution >= 0.6 is 0 Å². The summed E-state index contributed by atoms with van der Waals surface area (Å²) in [7, 11) is 0. The topological polar surface area (TPSA) is 66.6 Å². The second-order valence-corrected chi connectivity index (χ2v) is 5.19. The van der Waals surface area contributed by atoms with Gasteiger partial charge in [-0.1, -0.05) is 18.2 Å². The summed E-state index contributed by atoms with van der Waals surface area (Å²) in [6.45, 7) is 2.50. The molecular formula is C17H17N3O2. The fourth-order valence-electron chi connectivity index (χ4n) is 2.33. The molecular weight excluding hydrogens is 278 g/mol. The van der Waals surface area contributed by atoms with Gasteiger partial charge in [-0.2, -0.15) is 0 Å². The van der Waals surface area contributed by atoms with Gasteiger partial charge in [-0.05, 0) is 43.2 Å². The van der Waals surface area contributed by atoms with Crippen LogP contribution in [0, 0.1) is 6.92 Å². The molecule has 0 aliphatic carbocycles. The van der Waals surface area contributed by atoms with Crippen molar-refractivity contribution >= 4 is 11.6 Å². The Labute approximate surface area is 128 Å². The number of rotatable bonds is 4. The Balaban J connectivity index is 1.63. The highest BCUT2D eigenvalue weighted by Gasteiger charge is 2.10. The lowest BCUT2D eigenvalue weighted by Gasteiger charge is -2.03. The number of aryl methyl sites for hydroxylation is 1. The second kappa shape index (κ2) is 5.89. The van der Waals surface area contributed by atoms with Crippen LogP contribution < -0.4 is 5.32 Å². The fourth-order valence-corrected chi connectivity index (χ4v) is 2.33. The van der Waals surface area contributed by atoms with Gasteiger partial charge in [0.2, 0.25) is 0 Å². The Morgan fingerprint density at radius 3 is 2.73 bits per heavy atom. The first-order chi connectivity index (χ1) is 10.6. The third kappa shape index (κ3) is 2.93. The molecule has 0 aliphatic rings. The second-order valence-electron chi connectivity index (χ2n) is 5.19. The summed E-state index contributed by atoms with van der Waals surface area (Å²) in [4.78, 5) is 16.5. The zero-order valence-electron chi connectivity index (χ0n) is 12.3. The standard InChI is InChI=1S/C17H17N3O2/c1-12-3-2-4-16-19-15(11-20(12)16)17(22)18-10-9-13-5-7-14(21)8-6-13/h2-8,11,21H,9-10H2,1H3,(H,18,22). The molecule has 2 heterocycles. The van der Waals surface area contributed by atoms with E-state index in [0.717, 1.165) is 16.9 Å². The number of phenolic OH excluding ortho intramolecular Hbond substituents is 1. The molecule has 0 atom stereocenters. The van der Waals surface area contributed by atoms with Crippen molar-refractivity contribution in [2.75, 3.05) is 6.54 Å². The van der Waals surface area contributed by atoms with Crippen molar-refractivity contribution in [3.05, 3.63) is 65.6 Å². The Morgan fingerprint density at radius 2 is 2.00 bits per heavy atom. The number of amides is 1. The van der Waals surface area contributed by atoms with Crippen molar-refractivity contribution in [3.63, 3.8) is 0 Å². The smallest absolute Gasteiger partial charge is 0.271 e. The molecule has 0 saturated heterocycles. The van der Waals surface area contributed by atoms with Crippen LogP contribution in [0.1, 0.15) is 21.7 Å². The summed E-state index contributed by atoms with van der Waals surface area (Å²) >= 11 is 0. The average Bonchev–Trinajstić information content (AvgIpc) is 2.95. The number of phenols is 1. The van der Waals surface area contributed by atoms with Crippen molar-refractivity contribution in [1.82, 2.24) is 14.7 Å². The predicted molar refractivity (Wildman–Crippen MR) is 84.1 cm³/mol. The van der Waals surface area contributed by atoms with E-state index in [1.165, 1.54) is 0 Å². The van der Waals surface area contributed by atoms with Gasteiger partial charge in [0.05, 0.1) is 0 Å². The van der Waals surface area contributed by atoms with E-state index in [9.17, 15) is 9.90 Å². The quantitative estimate of drug-likeness (QED) is 0.776. The molecule has 2 N–H and O–H groups in total. The lowest BCUT2D eigenvalue weighted by molar-refractivity contribution is 0.0950. The summed E-state index contributed by atoms with van der Waals surface area (Å²) in [5.74, 6) is 0.0646. The van der Waals surface area contributed by atoms with E-state index in [-0.39, 0.29) is 11.7 Å². The number of imidazole rings is 1. The van der Waals surface area contributed by atoms with Gasteiger partial charge in [-0.15, -0.1) is 0 Å². The summed E-state index contributed by atoms with van der Waals surface area (Å²) in [6.07, 6.45) is 2.46. The SMILES string of the molecule is Cc1cccc2nc(C(=O)NCCc3ccc(O)cc3)cn12. The number of benzene rings is 1. The van der Waals surface area contributed by atoms with Crippen LogP contribution in [0.5, 0.6) is 5.75 Å². The van der Waals surface area contributed by atoms with Crippen LogP contribution in [0.4, 0.5) is 0 Å². The number of aromatic hydroxyl groups is 1. The minimum absolute atomic E-state index is 0.179. The monoisotopic (exact) mass is 295 g/mol. The van der Waals surface area contributed by atoms with E-state index in [4.69, 9.17) is 0 Å². The first-order valence-electron chi connectivity index (χ1n) is 7.14. The third-order valence-electron chi connectivity index (χ3n) is 3.56. The molecule has 0 aliphatic heterocycles. The first kappa shape index (κ1) is 14.1. The van der Waals surface area contributed by atoms with Gasteiger partial charge in [0.15, 0.2) is 0 Å². The highest BCUT2D eigenvalue weighted by molar-refractivity contribution is 5.92. The molecule has 0 saturated carbocycles. The minimum Gasteiger partial charge on any atom is -0.508 e. The van der Waals surface area contributed by atoms with Crippen molar-refractivity contribution in [1.29, 1.82) is 0 Å². The van der Waals surface area contributed by atoms with Crippen molar-refractivity contribution in [2.45, 2.75) is 13.3 Å². The number of nitrogens with zero attached hydrogens (tertiary/aromatic N) is 2. The number of aromatic nitrogens is 2. The molecule has 0 unspecified atom stereocenters. The van der Waals surface area contributed by atoms with Gasteiger partial charge in [0.25, 0.3) is 5.91 Å². The largest absolute Gasteiger partial charge is 0.508 e. The van der Waals surface area contributed by atoms with Crippen LogP contribution in [0.25, 0.3) is 5.65 Å². The van der Waals surface area contributed by atoms with E-state index in [0.29, 0.717) is 18.7 Å². The van der Waals surface area contributed by atoms with E-state index < -0.39 is 0 Å². The van der Waals surface area contributed by atoms with Crippen LogP contribution in [-0.4, -0.2) is 26.9 Å². The van der Waals surface area contributed by atoms with Gasteiger partial charge >= 0.3 is 0 Å². The van der Waals surface area contributed by atoms with Gasteiger partial charge in [-0.3, -0.25) is 4.79 Å². The number of carbonyl (C=O) groups is 1. The molecule has 0 spiro atoms. The maximum atomic E-state index is 12.1. The average molecular weight is 295 g/mol. The number of carbonyl (C=O) groups excluding carboxylic acids is 1. The number of nitrogens with one attached hydrogen (secondary N) is 1. The molecule has 5 nitrogen and oxygen atoms in total. The van der Waals surface area contributed by atoms with Crippen LogP contribution in [0.3, 0.4) is 0 Å². The molecule has 0 bridgehead atoms. The van der Waals surface area contributed by atoms with Gasteiger partial charge < -0.3 is 14.8 Å². The van der Waals surface area contributed by atoms with Crippen LogP contribution in [-0.2, 0) is 6.42 Å². The lowest BCUT2D eigenvalue weighted by atomic mass is 10.1. The minimum atomic E-state index is -0.179. The molecule has 0 radical (unpaired) electrons. The predicted octanol–water partition coefficient (Wildman–Crippen LogP) is 2.32. The van der Waals surface area contributed by atoms with Crippen molar-refractivity contribution in [2.24, 2.45) is 0 Å². The van der Waals surface area contributed by atoms with E-state index in [2.05, 4.69) is 10.3 Å². The normalized spacial score (nSPS) is 10.8. The molecule has 22 heavy (non-hydrogen) atoms. The van der Waals surface area contributed by atoms with Gasteiger partial charge in [0, 0.05) is 18.4 Å². The first-order valence-corrected chi connectivity index (χ1v) is 7.14. The molecule has 112 valence electrons. The molecule has 0 fully saturated rings. The number of hydrogen-bond donors (Lipinski definition) is 2. The summed E-state index contributed by atoms with van der Waals surface area (Å²) in [5.41, 5.74) is 3.28. The highest BCUT2D eigenvalue weighted by atomic mass is 16.3. The van der Waals surface area contributed by atoms with Gasteiger partial charge in [0.1, 0.15) is 17.1 Å². The summed E-state index contributed by atoms with van der Waals surface area (Å²) in [6, 6.07) is 12.7. The molecule has 1 amide bonds. The maximum absolute atomic E-state index is 12.1. The van der Waals surface area contributed by atoms with Gasteiger partial charge in [-0.25, -0.2) is 4.98 Å². The zero-order chi connectivity index (χ0) is 15.5. The molecule has 3 aromatic rings. The number of hydrogen-bond acceptors (Lipinski definition) is 3. The highest BCUT2D eigenvalue weighted by Crippen LogP contribution is 2.10. The summed E-state index contributed by atoms with van der Waals surface area (Å²) in [5, 5.41) is 12.1. The Morgan fingerprint density at radius 1 is 1.23 bits per heavy atom. The van der Waals surface area contributed by atoms with Crippen LogP contribution in [0.2, 0.25) is 0 Å². The molecule has 1 aromatic carbocycles. The Bertz CT molecular complexity index is 806.